The molecule has 0 spiro atoms. The van der Waals surface area contributed by atoms with Crippen LogP contribution in [0.2, 0.25) is 10.0 Å². The Morgan fingerprint density at radius 2 is 0.690 bits per heavy atom. The summed E-state index contributed by atoms with van der Waals surface area (Å²) < 4.78 is 73.5. The van der Waals surface area contributed by atoms with Gasteiger partial charge < -0.3 is 17.8 Å². The predicted octanol–water partition coefficient (Wildman–Crippen LogP) is 8.11. The number of hydrogen-bond donors (Lipinski definition) is 0. The Balaban J connectivity index is 1.25. The van der Waals surface area contributed by atoms with E-state index in [0.29, 0.717) is 33.0 Å². The van der Waals surface area contributed by atoms with Crippen LogP contribution in [-0.2, 0) is 20.2 Å². The largest absolute Gasteiger partial charge is 0.457 e. The summed E-state index contributed by atoms with van der Waals surface area (Å²) in [6.45, 7) is 0. The normalized spacial score (nSPS) is 11.5. The molecule has 0 unspecified atom stereocenters. The van der Waals surface area contributed by atoms with Crippen molar-refractivity contribution < 1.29 is 34.7 Å². The predicted molar refractivity (Wildman–Crippen MR) is 158 cm³/mol. The summed E-state index contributed by atoms with van der Waals surface area (Å²) in [6.07, 6.45) is 0. The summed E-state index contributed by atoms with van der Waals surface area (Å²) in [6, 6.07) is 29.9. The van der Waals surface area contributed by atoms with Crippen LogP contribution in [0.15, 0.2) is 131 Å². The Kier molecular flexibility index (Phi) is 8.60. The van der Waals surface area contributed by atoms with Crippen LogP contribution in [0, 0.1) is 0 Å². The summed E-state index contributed by atoms with van der Waals surface area (Å²) in [5.74, 6) is 1.98. The lowest BCUT2D eigenvalue weighted by Crippen LogP contribution is -2.13. The van der Waals surface area contributed by atoms with Gasteiger partial charge in [0.05, 0.1) is 0 Å². The van der Waals surface area contributed by atoms with Gasteiger partial charge in [0, 0.05) is 10.0 Å². The third kappa shape index (κ3) is 7.54. The number of halogens is 2. The highest BCUT2D eigenvalue weighted by Gasteiger charge is 2.23. The van der Waals surface area contributed by atoms with Gasteiger partial charge in [-0.05, 0) is 115 Å². The molecule has 214 valence electrons. The third-order valence-corrected chi connectivity index (χ3v) is 8.53. The Hall–Kier alpha value is -4.22. The molecule has 0 aliphatic rings. The Morgan fingerprint density at radius 3 is 1.02 bits per heavy atom. The van der Waals surface area contributed by atoms with Gasteiger partial charge >= 0.3 is 20.2 Å². The van der Waals surface area contributed by atoms with Crippen molar-refractivity contribution in [3.8, 4) is 34.5 Å². The summed E-state index contributed by atoms with van der Waals surface area (Å²) in [4.78, 5) is -0.749. The second kappa shape index (κ2) is 12.3. The lowest BCUT2D eigenvalue weighted by atomic mass is 10.3. The SMILES string of the molecule is O=S(=O)(Oc1ccc(Oc2ccc(Cl)cc2)cc1)c1cccc(S(=O)(=O)Oc2ccc(Oc3ccc(Cl)cc3)cc2)c1. The molecule has 0 bridgehead atoms. The van der Waals surface area contributed by atoms with Crippen LogP contribution in [0.5, 0.6) is 34.5 Å². The van der Waals surface area contributed by atoms with Crippen molar-refractivity contribution in [3.63, 3.8) is 0 Å². The molecule has 0 aliphatic heterocycles. The van der Waals surface area contributed by atoms with E-state index < -0.39 is 20.2 Å². The standard InChI is InChI=1S/C30H20Cl2O8S2/c31-21-4-8-23(9-5-21)37-25-12-16-27(17-13-25)39-41(33,34)29-2-1-3-30(20-29)42(35,36)40-28-18-14-26(15-19-28)38-24-10-6-22(32)7-11-24/h1-20H. The molecular formula is C30H20Cl2O8S2. The number of benzene rings is 5. The quantitative estimate of drug-likeness (QED) is 0.141. The van der Waals surface area contributed by atoms with E-state index in [1.54, 1.807) is 48.5 Å². The lowest BCUT2D eigenvalue weighted by Gasteiger charge is -2.11. The molecule has 0 radical (unpaired) electrons. The van der Waals surface area contributed by atoms with E-state index in [2.05, 4.69) is 0 Å². The number of ether oxygens (including phenoxy) is 2. The zero-order chi connectivity index (χ0) is 29.7. The topological polar surface area (TPSA) is 105 Å². The smallest absolute Gasteiger partial charge is 0.339 e. The second-order valence-corrected chi connectivity index (χ2v) is 12.6. The number of hydrogen-bond acceptors (Lipinski definition) is 8. The van der Waals surface area contributed by atoms with Crippen molar-refractivity contribution in [1.82, 2.24) is 0 Å². The molecule has 0 atom stereocenters. The lowest BCUT2D eigenvalue weighted by molar-refractivity contribution is 0.472. The van der Waals surface area contributed by atoms with Gasteiger partial charge in [0.15, 0.2) is 0 Å². The van der Waals surface area contributed by atoms with E-state index in [9.17, 15) is 16.8 Å². The zero-order valence-corrected chi connectivity index (χ0v) is 24.5. The van der Waals surface area contributed by atoms with Gasteiger partial charge in [0.1, 0.15) is 44.3 Å². The van der Waals surface area contributed by atoms with Crippen molar-refractivity contribution in [2.24, 2.45) is 0 Å². The van der Waals surface area contributed by atoms with Crippen molar-refractivity contribution in [1.29, 1.82) is 0 Å². The molecule has 5 rings (SSSR count). The van der Waals surface area contributed by atoms with Crippen LogP contribution >= 0.6 is 23.2 Å². The van der Waals surface area contributed by atoms with Crippen LogP contribution in [0.3, 0.4) is 0 Å². The fourth-order valence-electron chi connectivity index (χ4n) is 3.54. The fourth-order valence-corrected chi connectivity index (χ4v) is 5.82. The van der Waals surface area contributed by atoms with Crippen LogP contribution in [0.25, 0.3) is 0 Å². The van der Waals surface area contributed by atoms with Gasteiger partial charge in [-0.1, -0.05) is 29.3 Å². The van der Waals surface area contributed by atoms with Crippen molar-refractivity contribution in [2.75, 3.05) is 0 Å². The maximum absolute atomic E-state index is 12.9. The zero-order valence-electron chi connectivity index (χ0n) is 21.4. The van der Waals surface area contributed by atoms with Gasteiger partial charge in [-0.15, -0.1) is 0 Å². The maximum Gasteiger partial charge on any atom is 0.339 e. The summed E-state index contributed by atoms with van der Waals surface area (Å²) >= 11 is 11.7. The van der Waals surface area contributed by atoms with Gasteiger partial charge in [0.2, 0.25) is 0 Å². The third-order valence-electron chi connectivity index (χ3n) is 5.54. The molecule has 5 aromatic carbocycles. The fraction of sp³-hybridized carbons (Fsp3) is 0. The summed E-state index contributed by atoms with van der Waals surface area (Å²) in [7, 11) is -8.77. The first-order chi connectivity index (χ1) is 20.1. The average Bonchev–Trinajstić information content (AvgIpc) is 2.97. The molecule has 0 saturated heterocycles. The van der Waals surface area contributed by atoms with Gasteiger partial charge in [0.25, 0.3) is 0 Å². The Bertz CT molecular complexity index is 1750. The van der Waals surface area contributed by atoms with Gasteiger partial charge in [-0.25, -0.2) is 0 Å². The summed E-state index contributed by atoms with van der Waals surface area (Å²) in [5.41, 5.74) is 0. The van der Waals surface area contributed by atoms with E-state index >= 15 is 0 Å². The van der Waals surface area contributed by atoms with Gasteiger partial charge in [-0.2, -0.15) is 16.8 Å². The van der Waals surface area contributed by atoms with E-state index in [0.717, 1.165) is 6.07 Å². The highest BCUT2D eigenvalue weighted by molar-refractivity contribution is 7.88. The first kappa shape index (κ1) is 29.3. The van der Waals surface area contributed by atoms with Crippen molar-refractivity contribution in [2.45, 2.75) is 9.79 Å². The monoisotopic (exact) mass is 642 g/mol. The minimum Gasteiger partial charge on any atom is -0.457 e. The molecule has 0 N–H and O–H groups in total. The van der Waals surface area contributed by atoms with Crippen LogP contribution in [0.4, 0.5) is 0 Å². The Morgan fingerprint density at radius 1 is 0.405 bits per heavy atom. The molecule has 0 aliphatic carbocycles. The molecule has 12 heteroatoms. The van der Waals surface area contributed by atoms with Crippen LogP contribution < -0.4 is 17.8 Å². The minimum absolute atomic E-state index is 0.00359. The van der Waals surface area contributed by atoms with E-state index in [4.69, 9.17) is 41.0 Å². The first-order valence-corrected chi connectivity index (χ1v) is 15.7. The molecule has 0 saturated carbocycles. The maximum atomic E-state index is 12.9. The first-order valence-electron chi connectivity index (χ1n) is 12.1. The number of rotatable bonds is 10. The summed E-state index contributed by atoms with van der Waals surface area (Å²) in [5, 5.41) is 1.13. The molecule has 0 amide bonds. The molecule has 42 heavy (non-hydrogen) atoms. The van der Waals surface area contributed by atoms with Crippen molar-refractivity contribution in [3.05, 3.63) is 131 Å². The van der Waals surface area contributed by atoms with Crippen LogP contribution in [0.1, 0.15) is 0 Å². The van der Waals surface area contributed by atoms with Crippen molar-refractivity contribution >= 4 is 43.4 Å². The molecule has 0 aromatic heterocycles. The second-order valence-electron chi connectivity index (χ2n) is 8.60. The molecule has 0 heterocycles. The van der Waals surface area contributed by atoms with Gasteiger partial charge in [-0.3, -0.25) is 0 Å². The van der Waals surface area contributed by atoms with E-state index in [1.165, 1.54) is 66.7 Å². The molecule has 8 nitrogen and oxygen atoms in total. The minimum atomic E-state index is -4.38. The van der Waals surface area contributed by atoms with E-state index in [1.807, 2.05) is 0 Å². The van der Waals surface area contributed by atoms with E-state index in [-0.39, 0.29) is 21.3 Å². The molecule has 5 aromatic rings. The molecule has 0 fully saturated rings. The highest BCUT2D eigenvalue weighted by Crippen LogP contribution is 2.29. The highest BCUT2D eigenvalue weighted by atomic mass is 35.5. The molecular weight excluding hydrogens is 623 g/mol. The average molecular weight is 644 g/mol. The van der Waals surface area contributed by atoms with Crippen LogP contribution in [-0.4, -0.2) is 16.8 Å². The Labute approximate surface area is 252 Å².